The van der Waals surface area contributed by atoms with Gasteiger partial charge < -0.3 is 4.74 Å². The van der Waals surface area contributed by atoms with Crippen molar-refractivity contribution in [2.24, 2.45) is 0 Å². The summed E-state index contributed by atoms with van der Waals surface area (Å²) in [7, 11) is 0. The van der Waals surface area contributed by atoms with Crippen LogP contribution in [0.2, 0.25) is 0 Å². The van der Waals surface area contributed by atoms with Gasteiger partial charge in [0.25, 0.3) is 5.78 Å². The normalized spacial score (nSPS) is 12.9. The summed E-state index contributed by atoms with van der Waals surface area (Å²) in [5.74, 6) is -1.94. The van der Waals surface area contributed by atoms with Crippen molar-refractivity contribution < 1.29 is 22.7 Å². The van der Waals surface area contributed by atoms with Gasteiger partial charge in [0.2, 0.25) is 0 Å². The molecule has 0 N–H and O–H groups in total. The third-order valence-electron chi connectivity index (χ3n) is 0.806. The van der Waals surface area contributed by atoms with E-state index >= 15 is 0 Å². The molecule has 0 aliphatic heterocycles. The van der Waals surface area contributed by atoms with Crippen molar-refractivity contribution in [3.8, 4) is 0 Å². The Morgan fingerprint density at radius 2 is 2.08 bits per heavy atom. The summed E-state index contributed by atoms with van der Waals surface area (Å²) in [6.07, 6.45) is -4.49. The molecule has 0 saturated heterocycles. The van der Waals surface area contributed by atoms with E-state index in [1.807, 2.05) is 0 Å². The van der Waals surface area contributed by atoms with Crippen molar-refractivity contribution in [3.63, 3.8) is 0 Å². The number of allylic oxidation sites excluding steroid dienone is 1. The van der Waals surface area contributed by atoms with Gasteiger partial charge in [-0.2, -0.15) is 13.2 Å². The standard InChI is InChI=1S/C6H6BrF3O2/c1-2-12-5(7)3-4(11)6(8,9)10/h3H,2H2,1H3. The second kappa shape index (κ2) is 4.49. The van der Waals surface area contributed by atoms with E-state index in [-0.39, 0.29) is 11.3 Å². The monoisotopic (exact) mass is 246 g/mol. The molecule has 0 amide bonds. The highest BCUT2D eigenvalue weighted by molar-refractivity contribution is 9.11. The van der Waals surface area contributed by atoms with E-state index in [0.29, 0.717) is 6.08 Å². The average Bonchev–Trinajstić information content (AvgIpc) is 1.85. The van der Waals surface area contributed by atoms with Gasteiger partial charge in [-0.3, -0.25) is 4.79 Å². The number of alkyl halides is 3. The molecule has 0 bridgehead atoms. The lowest BCUT2D eigenvalue weighted by molar-refractivity contribution is -0.165. The lowest BCUT2D eigenvalue weighted by Crippen LogP contribution is -2.20. The molecule has 0 aromatic rings. The Bertz CT molecular complexity index is 197. The molecule has 6 heteroatoms. The zero-order chi connectivity index (χ0) is 9.78. The molecule has 0 fully saturated rings. The maximum Gasteiger partial charge on any atom is 0.454 e. The maximum absolute atomic E-state index is 11.6. The molecule has 12 heavy (non-hydrogen) atoms. The van der Waals surface area contributed by atoms with Crippen LogP contribution in [0.4, 0.5) is 13.2 Å². The van der Waals surface area contributed by atoms with Crippen LogP contribution in [0.5, 0.6) is 0 Å². The molecule has 0 aromatic heterocycles. The van der Waals surface area contributed by atoms with E-state index in [4.69, 9.17) is 0 Å². The molecular weight excluding hydrogens is 241 g/mol. The molecule has 0 heterocycles. The predicted octanol–water partition coefficient (Wildman–Crippen LogP) is 2.39. The van der Waals surface area contributed by atoms with Gasteiger partial charge in [-0.25, -0.2) is 0 Å². The lowest BCUT2D eigenvalue weighted by atomic mass is 10.4. The van der Waals surface area contributed by atoms with Gasteiger partial charge in [0.1, 0.15) is 0 Å². The van der Waals surface area contributed by atoms with Crippen LogP contribution >= 0.6 is 15.9 Å². The number of ether oxygens (including phenoxy) is 1. The predicted molar refractivity (Wildman–Crippen MR) is 39.7 cm³/mol. The summed E-state index contributed by atoms with van der Waals surface area (Å²) in [5.41, 5.74) is 0. The topological polar surface area (TPSA) is 26.3 Å². The van der Waals surface area contributed by atoms with Crippen molar-refractivity contribution in [2.45, 2.75) is 13.1 Å². The minimum Gasteiger partial charge on any atom is -0.487 e. The zero-order valence-electron chi connectivity index (χ0n) is 6.11. The molecule has 0 spiro atoms. The highest BCUT2D eigenvalue weighted by Gasteiger charge is 2.36. The molecule has 0 rings (SSSR count). The first-order chi connectivity index (χ1) is 5.38. The van der Waals surface area contributed by atoms with Crippen LogP contribution in [0.15, 0.2) is 10.7 Å². The Hall–Kier alpha value is -0.520. The van der Waals surface area contributed by atoms with E-state index < -0.39 is 12.0 Å². The Morgan fingerprint density at radius 3 is 2.42 bits per heavy atom. The molecule has 0 saturated carbocycles. The molecule has 0 radical (unpaired) electrons. The summed E-state index contributed by atoms with van der Waals surface area (Å²) < 4.78 is 39.1. The quantitative estimate of drug-likeness (QED) is 0.565. The first-order valence-corrected chi connectivity index (χ1v) is 3.78. The van der Waals surface area contributed by atoms with Crippen LogP contribution in [0.3, 0.4) is 0 Å². The fourth-order valence-corrected chi connectivity index (χ4v) is 0.801. The number of halogens is 4. The number of rotatable bonds is 3. The highest BCUT2D eigenvalue weighted by atomic mass is 79.9. The van der Waals surface area contributed by atoms with E-state index in [1.165, 1.54) is 0 Å². The number of carbonyl (C=O) groups is 1. The van der Waals surface area contributed by atoms with E-state index in [0.717, 1.165) is 0 Å². The third-order valence-corrected chi connectivity index (χ3v) is 1.26. The molecule has 0 atom stereocenters. The van der Waals surface area contributed by atoms with Gasteiger partial charge in [0, 0.05) is 6.08 Å². The minimum absolute atomic E-state index is 0.197. The second-order valence-corrected chi connectivity index (χ2v) is 2.53. The average molecular weight is 247 g/mol. The zero-order valence-corrected chi connectivity index (χ0v) is 7.70. The van der Waals surface area contributed by atoms with Crippen LogP contribution in [-0.2, 0) is 9.53 Å². The third kappa shape index (κ3) is 4.38. The van der Waals surface area contributed by atoms with Crippen LogP contribution < -0.4 is 0 Å². The summed E-state index contributed by atoms with van der Waals surface area (Å²) >= 11 is 2.65. The smallest absolute Gasteiger partial charge is 0.454 e. The Kier molecular flexibility index (Phi) is 4.30. The molecule has 2 nitrogen and oxygen atoms in total. The minimum atomic E-state index is -4.84. The molecule has 0 aliphatic rings. The molecule has 0 aliphatic carbocycles. The number of ketones is 1. The second-order valence-electron chi connectivity index (χ2n) is 1.74. The van der Waals surface area contributed by atoms with Crippen LogP contribution in [0.1, 0.15) is 6.92 Å². The first kappa shape index (κ1) is 11.5. The summed E-state index contributed by atoms with van der Waals surface area (Å²) in [4.78, 5) is 10.2. The first-order valence-electron chi connectivity index (χ1n) is 2.99. The van der Waals surface area contributed by atoms with Crippen molar-refractivity contribution in [2.75, 3.05) is 6.61 Å². The SMILES string of the molecule is CCOC(Br)=CC(=O)C(F)(F)F. The summed E-state index contributed by atoms with van der Waals surface area (Å²) in [6, 6.07) is 0. The Morgan fingerprint density at radius 1 is 1.58 bits per heavy atom. The lowest BCUT2D eigenvalue weighted by Gasteiger charge is -2.02. The maximum atomic E-state index is 11.6. The van der Waals surface area contributed by atoms with Crippen LogP contribution in [-0.4, -0.2) is 18.6 Å². The Balaban J connectivity index is 4.24. The van der Waals surface area contributed by atoms with E-state index in [9.17, 15) is 18.0 Å². The van der Waals surface area contributed by atoms with Gasteiger partial charge in [0.15, 0.2) is 4.67 Å². The summed E-state index contributed by atoms with van der Waals surface area (Å²) in [6.45, 7) is 1.79. The van der Waals surface area contributed by atoms with Gasteiger partial charge in [0.05, 0.1) is 6.61 Å². The van der Waals surface area contributed by atoms with Crippen molar-refractivity contribution in [3.05, 3.63) is 10.7 Å². The van der Waals surface area contributed by atoms with Crippen LogP contribution in [0, 0.1) is 0 Å². The van der Waals surface area contributed by atoms with Gasteiger partial charge >= 0.3 is 6.18 Å². The van der Waals surface area contributed by atoms with Crippen molar-refractivity contribution in [1.82, 2.24) is 0 Å². The number of hydrogen-bond donors (Lipinski definition) is 0. The van der Waals surface area contributed by atoms with E-state index in [1.54, 1.807) is 6.92 Å². The van der Waals surface area contributed by atoms with Crippen molar-refractivity contribution >= 4 is 21.7 Å². The van der Waals surface area contributed by atoms with E-state index in [2.05, 4.69) is 20.7 Å². The fourth-order valence-electron chi connectivity index (χ4n) is 0.364. The molecule has 70 valence electrons. The number of carbonyl (C=O) groups excluding carboxylic acids is 1. The number of hydrogen-bond acceptors (Lipinski definition) is 2. The van der Waals surface area contributed by atoms with Crippen molar-refractivity contribution in [1.29, 1.82) is 0 Å². The van der Waals surface area contributed by atoms with Gasteiger partial charge in [-0.1, -0.05) is 0 Å². The molecule has 0 aromatic carbocycles. The molecular formula is C6H6BrF3O2. The fraction of sp³-hybridized carbons (Fsp3) is 0.500. The van der Waals surface area contributed by atoms with Crippen LogP contribution in [0.25, 0.3) is 0 Å². The van der Waals surface area contributed by atoms with Gasteiger partial charge in [-0.05, 0) is 22.9 Å². The van der Waals surface area contributed by atoms with Gasteiger partial charge in [-0.15, -0.1) is 0 Å². The largest absolute Gasteiger partial charge is 0.487 e. The Labute approximate surface area is 75.5 Å². The highest BCUT2D eigenvalue weighted by Crippen LogP contribution is 2.19. The molecule has 0 unspecified atom stereocenters. The summed E-state index contributed by atoms with van der Waals surface area (Å²) in [5, 5.41) is 0.